The Labute approximate surface area is 165 Å². The molecule has 1 N–H and O–H groups in total. The monoisotopic (exact) mass is 406 g/mol. The molecule has 1 saturated heterocycles. The minimum absolute atomic E-state index is 0.305. The van der Waals surface area contributed by atoms with Gasteiger partial charge in [0.25, 0.3) is 0 Å². The van der Waals surface area contributed by atoms with Crippen molar-refractivity contribution in [2.45, 2.75) is 24.9 Å². The predicted molar refractivity (Wildman–Crippen MR) is 105 cm³/mol. The van der Waals surface area contributed by atoms with Gasteiger partial charge in [0.2, 0.25) is 0 Å². The molecular formula is C19H16Cl2N2O2S. The van der Waals surface area contributed by atoms with Gasteiger partial charge in [0.05, 0.1) is 16.3 Å². The number of hydrogen-bond acceptors (Lipinski definition) is 4. The predicted octanol–water partition coefficient (Wildman–Crippen LogP) is 5.24. The molecule has 0 radical (unpaired) electrons. The molecule has 0 saturated carbocycles. The van der Waals surface area contributed by atoms with E-state index in [0.717, 1.165) is 27.2 Å². The molecule has 2 aromatic carbocycles. The maximum absolute atomic E-state index is 11.8. The number of thiazole rings is 1. The van der Waals surface area contributed by atoms with Crippen LogP contribution < -0.4 is 0 Å². The molecule has 2 atom stereocenters. The number of halogens is 2. The fourth-order valence-electron chi connectivity index (χ4n) is 3.55. The quantitative estimate of drug-likeness (QED) is 0.643. The van der Waals surface area contributed by atoms with Crippen molar-refractivity contribution in [3.8, 4) is 0 Å². The fraction of sp³-hybridized carbons (Fsp3) is 0.263. The Hall–Kier alpha value is -1.66. The summed E-state index contributed by atoms with van der Waals surface area (Å²) in [6, 6.07) is 12.4. The van der Waals surface area contributed by atoms with Gasteiger partial charge in [-0.15, -0.1) is 11.3 Å². The van der Waals surface area contributed by atoms with E-state index in [-0.39, 0.29) is 6.04 Å². The average Bonchev–Trinajstić information content (AvgIpc) is 3.24. The standard InChI is InChI=1S/C19H16Cl2N2O2S/c20-11-7-8-12(13(21)10-11)17(23-9-3-5-15(23)19(24)25)18-22-14-4-1-2-6-16(14)26-18/h1-2,4,6-8,10,15,17H,3,5,9H2,(H,24,25). The summed E-state index contributed by atoms with van der Waals surface area (Å²) >= 11 is 14.1. The van der Waals surface area contributed by atoms with Crippen molar-refractivity contribution in [3.63, 3.8) is 0 Å². The lowest BCUT2D eigenvalue weighted by molar-refractivity contribution is -0.142. The van der Waals surface area contributed by atoms with Crippen LogP contribution in [-0.4, -0.2) is 33.5 Å². The van der Waals surface area contributed by atoms with Crippen molar-refractivity contribution < 1.29 is 9.90 Å². The lowest BCUT2D eigenvalue weighted by Crippen LogP contribution is -2.39. The normalized spacial score (nSPS) is 19.1. The Morgan fingerprint density at radius 3 is 2.81 bits per heavy atom. The van der Waals surface area contributed by atoms with Crippen LogP contribution in [-0.2, 0) is 4.79 Å². The number of aliphatic carboxylic acids is 1. The van der Waals surface area contributed by atoms with E-state index < -0.39 is 12.0 Å². The first-order valence-electron chi connectivity index (χ1n) is 8.33. The zero-order chi connectivity index (χ0) is 18.3. The Bertz CT molecular complexity index is 942. The van der Waals surface area contributed by atoms with Gasteiger partial charge in [0, 0.05) is 16.6 Å². The Kier molecular flexibility index (Phi) is 4.88. The van der Waals surface area contributed by atoms with Crippen LogP contribution in [0.5, 0.6) is 0 Å². The molecule has 0 aliphatic carbocycles. The Balaban J connectivity index is 1.87. The van der Waals surface area contributed by atoms with Gasteiger partial charge >= 0.3 is 5.97 Å². The minimum atomic E-state index is -0.807. The summed E-state index contributed by atoms with van der Waals surface area (Å²) in [4.78, 5) is 18.6. The average molecular weight is 407 g/mol. The van der Waals surface area contributed by atoms with Crippen LogP contribution in [0.1, 0.15) is 29.5 Å². The molecule has 2 unspecified atom stereocenters. The van der Waals surface area contributed by atoms with Crippen LogP contribution in [0.4, 0.5) is 0 Å². The summed E-state index contributed by atoms with van der Waals surface area (Å²) in [5.74, 6) is -0.807. The van der Waals surface area contributed by atoms with E-state index in [2.05, 4.69) is 0 Å². The molecular weight excluding hydrogens is 391 g/mol. The van der Waals surface area contributed by atoms with E-state index in [1.165, 1.54) is 0 Å². The summed E-state index contributed by atoms with van der Waals surface area (Å²) in [5.41, 5.74) is 1.75. The maximum Gasteiger partial charge on any atom is 0.320 e. The van der Waals surface area contributed by atoms with Crippen molar-refractivity contribution in [2.24, 2.45) is 0 Å². The lowest BCUT2D eigenvalue weighted by Gasteiger charge is -2.30. The third kappa shape index (κ3) is 3.21. The van der Waals surface area contributed by atoms with Crippen LogP contribution in [0.3, 0.4) is 0 Å². The number of benzene rings is 2. The van der Waals surface area contributed by atoms with Crippen molar-refractivity contribution >= 4 is 50.7 Å². The molecule has 26 heavy (non-hydrogen) atoms. The second-order valence-corrected chi connectivity index (χ2v) is 8.23. The smallest absolute Gasteiger partial charge is 0.320 e. The first-order chi connectivity index (χ1) is 12.5. The number of fused-ring (bicyclic) bond motifs is 1. The molecule has 3 aromatic rings. The number of nitrogens with zero attached hydrogens (tertiary/aromatic N) is 2. The molecule has 0 amide bonds. The van der Waals surface area contributed by atoms with Crippen molar-refractivity contribution in [1.29, 1.82) is 0 Å². The van der Waals surface area contributed by atoms with Gasteiger partial charge in [-0.2, -0.15) is 0 Å². The second kappa shape index (κ2) is 7.16. The number of likely N-dealkylation sites (tertiary alicyclic amines) is 1. The summed E-state index contributed by atoms with van der Waals surface area (Å²) in [7, 11) is 0. The molecule has 4 nitrogen and oxygen atoms in total. The highest BCUT2D eigenvalue weighted by Gasteiger charge is 2.39. The highest BCUT2D eigenvalue weighted by atomic mass is 35.5. The fourth-order valence-corrected chi connectivity index (χ4v) is 5.17. The summed E-state index contributed by atoms with van der Waals surface area (Å²) in [6.07, 6.45) is 1.46. The molecule has 1 aliphatic heterocycles. The molecule has 1 aromatic heterocycles. The Morgan fingerprint density at radius 1 is 1.27 bits per heavy atom. The van der Waals surface area contributed by atoms with Crippen LogP contribution in [0.2, 0.25) is 10.0 Å². The number of rotatable bonds is 4. The summed E-state index contributed by atoms with van der Waals surface area (Å²) in [5, 5.41) is 11.6. The highest BCUT2D eigenvalue weighted by Crippen LogP contribution is 2.41. The van der Waals surface area contributed by atoms with Gasteiger partial charge in [-0.25, -0.2) is 4.98 Å². The van der Waals surface area contributed by atoms with Crippen LogP contribution in [0.15, 0.2) is 42.5 Å². The highest BCUT2D eigenvalue weighted by molar-refractivity contribution is 7.18. The number of aromatic nitrogens is 1. The van der Waals surface area contributed by atoms with Gasteiger partial charge in [-0.3, -0.25) is 9.69 Å². The van der Waals surface area contributed by atoms with Crippen LogP contribution in [0.25, 0.3) is 10.2 Å². The van der Waals surface area contributed by atoms with Crippen molar-refractivity contribution in [1.82, 2.24) is 9.88 Å². The van der Waals surface area contributed by atoms with E-state index in [9.17, 15) is 9.90 Å². The van der Waals surface area contributed by atoms with Gasteiger partial charge in [-0.05, 0) is 42.7 Å². The maximum atomic E-state index is 11.8. The summed E-state index contributed by atoms with van der Waals surface area (Å²) < 4.78 is 1.07. The van der Waals surface area contributed by atoms with E-state index in [1.807, 2.05) is 35.2 Å². The second-order valence-electron chi connectivity index (χ2n) is 6.32. The molecule has 4 rings (SSSR count). The topological polar surface area (TPSA) is 53.4 Å². The minimum Gasteiger partial charge on any atom is -0.480 e. The third-order valence-corrected chi connectivity index (χ3v) is 6.36. The SMILES string of the molecule is O=C(O)C1CCCN1C(c1nc2ccccc2s1)c1ccc(Cl)cc1Cl. The first-order valence-corrected chi connectivity index (χ1v) is 9.91. The molecule has 1 fully saturated rings. The number of hydrogen-bond donors (Lipinski definition) is 1. The molecule has 134 valence electrons. The van der Waals surface area contributed by atoms with Gasteiger partial charge in [-0.1, -0.05) is 41.4 Å². The third-order valence-electron chi connectivity index (χ3n) is 4.71. The van der Waals surface area contributed by atoms with E-state index in [4.69, 9.17) is 28.2 Å². The number of carbonyl (C=O) groups is 1. The number of carboxylic acid groups (broad SMARTS) is 1. The van der Waals surface area contributed by atoms with E-state index in [0.29, 0.717) is 23.0 Å². The number of carboxylic acids is 1. The van der Waals surface area contributed by atoms with Crippen LogP contribution >= 0.6 is 34.5 Å². The van der Waals surface area contributed by atoms with Crippen molar-refractivity contribution in [2.75, 3.05) is 6.54 Å². The molecule has 0 spiro atoms. The summed E-state index contributed by atoms with van der Waals surface area (Å²) in [6.45, 7) is 0.691. The van der Waals surface area contributed by atoms with Crippen molar-refractivity contribution in [3.05, 3.63) is 63.1 Å². The van der Waals surface area contributed by atoms with Gasteiger partial charge < -0.3 is 5.11 Å². The van der Waals surface area contributed by atoms with E-state index >= 15 is 0 Å². The zero-order valence-corrected chi connectivity index (χ0v) is 16.1. The molecule has 0 bridgehead atoms. The zero-order valence-electron chi connectivity index (χ0n) is 13.7. The molecule has 7 heteroatoms. The molecule has 1 aliphatic rings. The lowest BCUT2D eigenvalue weighted by atomic mass is 10.0. The first kappa shape index (κ1) is 17.7. The Morgan fingerprint density at radius 2 is 2.08 bits per heavy atom. The van der Waals surface area contributed by atoms with Gasteiger partial charge in [0.1, 0.15) is 11.0 Å². The van der Waals surface area contributed by atoms with Crippen LogP contribution in [0, 0.1) is 0 Å². The number of para-hydroxylation sites is 1. The molecule has 2 heterocycles. The van der Waals surface area contributed by atoms with E-state index in [1.54, 1.807) is 23.5 Å². The van der Waals surface area contributed by atoms with Gasteiger partial charge in [0.15, 0.2) is 0 Å². The largest absolute Gasteiger partial charge is 0.480 e.